The molecule has 0 bridgehead atoms. The lowest BCUT2D eigenvalue weighted by Crippen LogP contribution is -2.40. The highest BCUT2D eigenvalue weighted by molar-refractivity contribution is 7.92. The number of amides is 1. The molecule has 0 aliphatic heterocycles. The van der Waals surface area contributed by atoms with Crippen molar-refractivity contribution < 1.29 is 17.9 Å². The summed E-state index contributed by atoms with van der Waals surface area (Å²) in [6, 6.07) is 16.8. The highest BCUT2D eigenvalue weighted by atomic mass is 32.2. The smallest absolute Gasteiger partial charge is 0.264 e. The predicted octanol–water partition coefficient (Wildman–Crippen LogP) is 3.20. The molecule has 1 amide bonds. The largest absolute Gasteiger partial charge is 0.497 e. The van der Waals surface area contributed by atoms with E-state index < -0.39 is 15.9 Å². The molecule has 0 aliphatic carbocycles. The van der Waals surface area contributed by atoms with Crippen molar-refractivity contribution in [1.82, 2.24) is 10.3 Å². The van der Waals surface area contributed by atoms with Gasteiger partial charge >= 0.3 is 0 Å². The number of methoxy groups -OCH3 is 1. The van der Waals surface area contributed by atoms with Gasteiger partial charge < -0.3 is 10.1 Å². The molecule has 1 aromatic heterocycles. The van der Waals surface area contributed by atoms with Gasteiger partial charge in [-0.3, -0.25) is 14.1 Å². The van der Waals surface area contributed by atoms with Crippen molar-refractivity contribution in [3.8, 4) is 5.75 Å². The molecule has 31 heavy (non-hydrogen) atoms. The molecule has 3 rings (SSSR count). The minimum Gasteiger partial charge on any atom is -0.497 e. The SMILES string of the molecule is CNC(=O)CN(c1ccccc1/C=C/c1ccncc1)S(=O)(=O)c1ccc(OC)cc1. The van der Waals surface area contributed by atoms with Gasteiger partial charge in [0.25, 0.3) is 10.0 Å². The van der Waals surface area contributed by atoms with E-state index in [1.54, 1.807) is 42.7 Å². The van der Waals surface area contributed by atoms with E-state index >= 15 is 0 Å². The molecule has 160 valence electrons. The molecule has 0 radical (unpaired) electrons. The number of sulfonamides is 1. The Bertz CT molecular complexity index is 1160. The normalized spacial score (nSPS) is 11.3. The van der Waals surface area contributed by atoms with Crippen molar-refractivity contribution in [2.75, 3.05) is 25.0 Å². The Kier molecular flexibility index (Phi) is 7.04. The quantitative estimate of drug-likeness (QED) is 0.585. The molecule has 0 atom stereocenters. The van der Waals surface area contributed by atoms with E-state index in [0.29, 0.717) is 17.0 Å². The van der Waals surface area contributed by atoms with Gasteiger partial charge in [-0.15, -0.1) is 0 Å². The highest BCUT2D eigenvalue weighted by Crippen LogP contribution is 2.29. The zero-order chi connectivity index (χ0) is 22.3. The Morgan fingerprint density at radius 1 is 1.03 bits per heavy atom. The zero-order valence-electron chi connectivity index (χ0n) is 17.2. The van der Waals surface area contributed by atoms with Crippen molar-refractivity contribution in [3.63, 3.8) is 0 Å². The molecule has 0 fully saturated rings. The fourth-order valence-electron chi connectivity index (χ4n) is 2.90. The molecule has 3 aromatic rings. The number of carbonyl (C=O) groups excluding carboxylic acids is 1. The third-order valence-corrected chi connectivity index (χ3v) is 6.35. The second-order valence-electron chi connectivity index (χ2n) is 6.53. The minimum atomic E-state index is -4.02. The van der Waals surface area contributed by atoms with Crippen molar-refractivity contribution in [3.05, 3.63) is 84.2 Å². The molecular weight excluding hydrogens is 414 g/mol. The standard InChI is InChI=1S/C23H23N3O4S/c1-24-23(27)17-26(31(28,29)21-11-9-20(30-2)10-12-21)22-6-4-3-5-19(22)8-7-18-13-15-25-16-14-18/h3-16H,17H2,1-2H3,(H,24,27)/b8-7+. The Labute approximate surface area is 182 Å². The van der Waals surface area contributed by atoms with Crippen LogP contribution in [0.2, 0.25) is 0 Å². The van der Waals surface area contributed by atoms with E-state index in [1.165, 1.54) is 26.3 Å². The first kappa shape index (κ1) is 22.0. The maximum Gasteiger partial charge on any atom is 0.264 e. The molecule has 7 nitrogen and oxygen atoms in total. The molecule has 0 spiro atoms. The molecule has 0 saturated heterocycles. The lowest BCUT2D eigenvalue weighted by atomic mass is 10.1. The highest BCUT2D eigenvalue weighted by Gasteiger charge is 2.28. The summed E-state index contributed by atoms with van der Waals surface area (Å²) in [6.45, 7) is -0.356. The summed E-state index contributed by atoms with van der Waals surface area (Å²) in [6.07, 6.45) is 7.03. The van der Waals surface area contributed by atoms with Crippen LogP contribution in [0.1, 0.15) is 11.1 Å². The van der Waals surface area contributed by atoms with E-state index in [-0.39, 0.29) is 11.4 Å². The van der Waals surface area contributed by atoms with Crippen molar-refractivity contribution >= 4 is 33.8 Å². The first-order valence-electron chi connectivity index (χ1n) is 9.50. The molecule has 0 saturated carbocycles. The topological polar surface area (TPSA) is 88.6 Å². The van der Waals surface area contributed by atoms with Gasteiger partial charge in [0.15, 0.2) is 0 Å². The Morgan fingerprint density at radius 3 is 2.35 bits per heavy atom. The van der Waals surface area contributed by atoms with Crippen LogP contribution in [0.15, 0.2) is 78.0 Å². The van der Waals surface area contributed by atoms with Crippen molar-refractivity contribution in [2.24, 2.45) is 0 Å². The summed E-state index contributed by atoms with van der Waals surface area (Å²) in [4.78, 5) is 16.3. The van der Waals surface area contributed by atoms with E-state index in [9.17, 15) is 13.2 Å². The first-order valence-corrected chi connectivity index (χ1v) is 10.9. The Morgan fingerprint density at radius 2 is 1.71 bits per heavy atom. The monoisotopic (exact) mass is 437 g/mol. The molecule has 8 heteroatoms. The number of hydrogen-bond donors (Lipinski definition) is 1. The van der Waals surface area contributed by atoms with E-state index in [0.717, 1.165) is 9.87 Å². The number of ether oxygens (including phenoxy) is 1. The number of nitrogens with one attached hydrogen (secondary N) is 1. The summed E-state index contributed by atoms with van der Waals surface area (Å²) in [5.74, 6) is 0.113. The van der Waals surface area contributed by atoms with Crippen LogP contribution in [0.3, 0.4) is 0 Å². The van der Waals surface area contributed by atoms with Crippen molar-refractivity contribution in [2.45, 2.75) is 4.90 Å². The molecule has 0 aliphatic rings. The summed E-state index contributed by atoms with van der Waals surface area (Å²) >= 11 is 0. The number of hydrogen-bond acceptors (Lipinski definition) is 5. The van der Waals surface area contributed by atoms with Crippen LogP contribution < -0.4 is 14.4 Å². The van der Waals surface area contributed by atoms with Crippen LogP contribution in [0.4, 0.5) is 5.69 Å². The molecule has 1 heterocycles. The number of nitrogens with zero attached hydrogens (tertiary/aromatic N) is 2. The minimum absolute atomic E-state index is 0.0603. The number of likely N-dealkylation sites (N-methyl/N-ethyl adjacent to an activating group) is 1. The number of aromatic nitrogens is 1. The van der Waals surface area contributed by atoms with E-state index in [4.69, 9.17) is 4.74 Å². The maximum absolute atomic E-state index is 13.5. The fraction of sp³-hybridized carbons (Fsp3) is 0.130. The van der Waals surface area contributed by atoms with Gasteiger partial charge in [-0.1, -0.05) is 30.4 Å². The van der Waals surface area contributed by atoms with Crippen LogP contribution in [-0.2, 0) is 14.8 Å². The van der Waals surface area contributed by atoms with Gasteiger partial charge in [0, 0.05) is 19.4 Å². The second kappa shape index (κ2) is 9.90. The molecule has 0 unspecified atom stereocenters. The average molecular weight is 438 g/mol. The average Bonchev–Trinajstić information content (AvgIpc) is 2.82. The van der Waals surface area contributed by atoms with E-state index in [1.807, 2.05) is 30.4 Å². The van der Waals surface area contributed by atoms with Gasteiger partial charge in [0.2, 0.25) is 5.91 Å². The Hall–Kier alpha value is -3.65. The predicted molar refractivity (Wildman–Crippen MR) is 121 cm³/mol. The summed E-state index contributed by atoms with van der Waals surface area (Å²) in [7, 11) is -1.04. The Balaban J connectivity index is 2.07. The van der Waals surface area contributed by atoms with Gasteiger partial charge in [0.1, 0.15) is 12.3 Å². The zero-order valence-corrected chi connectivity index (χ0v) is 18.0. The number of carbonyl (C=O) groups is 1. The van der Waals surface area contributed by atoms with Crippen LogP contribution >= 0.6 is 0 Å². The molecule has 2 aromatic carbocycles. The van der Waals surface area contributed by atoms with E-state index in [2.05, 4.69) is 10.3 Å². The number of pyridine rings is 1. The van der Waals surface area contributed by atoms with Crippen LogP contribution in [0, 0.1) is 0 Å². The number of benzene rings is 2. The summed E-state index contributed by atoms with van der Waals surface area (Å²) < 4.78 is 33.2. The van der Waals surface area contributed by atoms with Crippen molar-refractivity contribution in [1.29, 1.82) is 0 Å². The van der Waals surface area contributed by atoms with Gasteiger partial charge in [-0.2, -0.15) is 0 Å². The molecular formula is C23H23N3O4S. The van der Waals surface area contributed by atoms with Crippen LogP contribution in [-0.4, -0.2) is 40.0 Å². The number of rotatable bonds is 8. The van der Waals surface area contributed by atoms with Crippen LogP contribution in [0.25, 0.3) is 12.2 Å². The maximum atomic E-state index is 13.5. The number of para-hydroxylation sites is 1. The third kappa shape index (κ3) is 5.29. The summed E-state index contributed by atoms with van der Waals surface area (Å²) in [5, 5.41) is 2.49. The van der Waals surface area contributed by atoms with Gasteiger partial charge in [-0.05, 0) is 53.6 Å². The third-order valence-electron chi connectivity index (χ3n) is 4.58. The van der Waals surface area contributed by atoms with Gasteiger partial charge in [-0.25, -0.2) is 8.42 Å². The lowest BCUT2D eigenvalue weighted by molar-refractivity contribution is -0.119. The fourth-order valence-corrected chi connectivity index (χ4v) is 4.35. The molecule has 1 N–H and O–H groups in total. The van der Waals surface area contributed by atoms with Crippen LogP contribution in [0.5, 0.6) is 5.75 Å². The first-order chi connectivity index (χ1) is 15.0. The number of anilines is 1. The summed E-state index contributed by atoms with van der Waals surface area (Å²) in [5.41, 5.74) is 1.97. The van der Waals surface area contributed by atoms with Gasteiger partial charge in [0.05, 0.1) is 17.7 Å². The lowest BCUT2D eigenvalue weighted by Gasteiger charge is -2.25. The second-order valence-corrected chi connectivity index (χ2v) is 8.40.